The molecule has 94 valence electrons. The molecule has 1 fully saturated rings. The number of rotatable bonds is 3. The summed E-state index contributed by atoms with van der Waals surface area (Å²) in [6, 6.07) is 7.89. The van der Waals surface area contributed by atoms with Gasteiger partial charge in [-0.15, -0.1) is 12.4 Å². The van der Waals surface area contributed by atoms with Crippen molar-refractivity contribution >= 4 is 24.1 Å². The predicted molar refractivity (Wildman–Crippen MR) is 71.1 cm³/mol. The number of carboxylic acids is 1. The molecule has 1 aromatic rings. The maximum absolute atomic E-state index is 10.6. The molecule has 0 amide bonds. The summed E-state index contributed by atoms with van der Waals surface area (Å²) in [5.74, 6) is -0.768. The Labute approximate surface area is 108 Å². The lowest BCUT2D eigenvalue weighted by atomic mass is 10.1. The molecule has 1 aliphatic heterocycles. The summed E-state index contributed by atoms with van der Waals surface area (Å²) in [7, 11) is 0. The highest BCUT2D eigenvalue weighted by Crippen LogP contribution is 2.20. The van der Waals surface area contributed by atoms with Crippen LogP contribution in [0.4, 0.5) is 5.69 Å². The van der Waals surface area contributed by atoms with Crippen LogP contribution in [0.5, 0.6) is 0 Å². The molecular formula is C13H18ClNO2. The van der Waals surface area contributed by atoms with Crippen molar-refractivity contribution < 1.29 is 9.90 Å². The molecule has 0 atom stereocenters. The third-order valence-electron chi connectivity index (χ3n) is 2.99. The van der Waals surface area contributed by atoms with E-state index in [0.29, 0.717) is 0 Å². The molecule has 0 radical (unpaired) electrons. The van der Waals surface area contributed by atoms with Crippen molar-refractivity contribution in [1.82, 2.24) is 0 Å². The molecule has 0 aromatic heterocycles. The molecule has 0 aliphatic carbocycles. The summed E-state index contributed by atoms with van der Waals surface area (Å²) < 4.78 is 0. The number of hydrogen-bond donors (Lipinski definition) is 1. The third kappa shape index (κ3) is 3.93. The zero-order chi connectivity index (χ0) is 11.4. The van der Waals surface area contributed by atoms with Crippen molar-refractivity contribution in [2.75, 3.05) is 18.0 Å². The summed E-state index contributed by atoms with van der Waals surface area (Å²) >= 11 is 0. The lowest BCUT2D eigenvalue weighted by Crippen LogP contribution is -2.29. The van der Waals surface area contributed by atoms with Gasteiger partial charge in [0.05, 0.1) is 6.42 Å². The Kier molecular flexibility index (Phi) is 5.29. The minimum absolute atomic E-state index is 0. The number of carboxylic acid groups (broad SMARTS) is 1. The van der Waals surface area contributed by atoms with E-state index in [9.17, 15) is 4.79 Å². The fourth-order valence-electron chi connectivity index (χ4n) is 2.19. The van der Waals surface area contributed by atoms with Crippen LogP contribution < -0.4 is 4.90 Å². The molecule has 0 unspecified atom stereocenters. The van der Waals surface area contributed by atoms with Gasteiger partial charge in [-0.05, 0) is 37.0 Å². The highest BCUT2D eigenvalue weighted by molar-refractivity contribution is 5.85. The highest BCUT2D eigenvalue weighted by Gasteiger charge is 2.11. The average molecular weight is 256 g/mol. The van der Waals surface area contributed by atoms with Gasteiger partial charge in [0.15, 0.2) is 0 Å². The van der Waals surface area contributed by atoms with Gasteiger partial charge in [0.2, 0.25) is 0 Å². The van der Waals surface area contributed by atoms with Gasteiger partial charge >= 0.3 is 5.97 Å². The molecule has 17 heavy (non-hydrogen) atoms. The van der Waals surface area contributed by atoms with Crippen LogP contribution in [-0.2, 0) is 11.2 Å². The van der Waals surface area contributed by atoms with E-state index in [4.69, 9.17) is 5.11 Å². The van der Waals surface area contributed by atoms with Crippen molar-refractivity contribution in [3.63, 3.8) is 0 Å². The molecule has 4 heteroatoms. The first-order valence-corrected chi connectivity index (χ1v) is 5.81. The first-order valence-electron chi connectivity index (χ1n) is 5.81. The van der Waals surface area contributed by atoms with Crippen molar-refractivity contribution in [1.29, 1.82) is 0 Å². The van der Waals surface area contributed by atoms with Gasteiger partial charge in [-0.2, -0.15) is 0 Å². The van der Waals surface area contributed by atoms with Crippen LogP contribution in [0, 0.1) is 0 Å². The Bertz CT molecular complexity index is 375. The monoisotopic (exact) mass is 255 g/mol. The fraction of sp³-hybridized carbons (Fsp3) is 0.462. The number of benzene rings is 1. The van der Waals surface area contributed by atoms with Gasteiger partial charge < -0.3 is 10.0 Å². The largest absolute Gasteiger partial charge is 0.481 e. The van der Waals surface area contributed by atoms with Crippen LogP contribution in [0.15, 0.2) is 24.3 Å². The molecule has 1 aliphatic rings. The van der Waals surface area contributed by atoms with Gasteiger partial charge in [-0.25, -0.2) is 0 Å². The maximum Gasteiger partial charge on any atom is 0.307 e. The van der Waals surface area contributed by atoms with E-state index >= 15 is 0 Å². The Morgan fingerprint density at radius 3 is 2.59 bits per heavy atom. The predicted octanol–water partition coefficient (Wildman–Crippen LogP) is 2.73. The third-order valence-corrected chi connectivity index (χ3v) is 2.99. The van der Waals surface area contributed by atoms with Crippen LogP contribution in [-0.4, -0.2) is 24.2 Å². The summed E-state index contributed by atoms with van der Waals surface area (Å²) in [6.45, 7) is 2.19. The standard InChI is InChI=1S/C13H17NO2.ClH/c15-13(16)10-11-5-4-6-12(9-11)14-7-2-1-3-8-14;/h4-6,9H,1-3,7-8,10H2,(H,15,16);1H. The van der Waals surface area contributed by atoms with Crippen LogP contribution in [0.1, 0.15) is 24.8 Å². The normalized spacial score (nSPS) is 15.2. The van der Waals surface area contributed by atoms with Crippen LogP contribution >= 0.6 is 12.4 Å². The minimum atomic E-state index is -0.768. The first kappa shape index (κ1) is 13.8. The zero-order valence-electron chi connectivity index (χ0n) is 9.76. The number of anilines is 1. The Morgan fingerprint density at radius 2 is 1.94 bits per heavy atom. The number of halogens is 1. The summed E-state index contributed by atoms with van der Waals surface area (Å²) in [6.07, 6.45) is 3.90. The molecular weight excluding hydrogens is 238 g/mol. The summed E-state index contributed by atoms with van der Waals surface area (Å²) in [5, 5.41) is 8.75. The van der Waals surface area contributed by atoms with E-state index in [1.165, 1.54) is 24.9 Å². The van der Waals surface area contributed by atoms with Crippen LogP contribution in [0.2, 0.25) is 0 Å². The quantitative estimate of drug-likeness (QED) is 0.903. The van der Waals surface area contributed by atoms with Crippen molar-refractivity contribution in [2.45, 2.75) is 25.7 Å². The van der Waals surface area contributed by atoms with Gasteiger partial charge in [-0.3, -0.25) is 4.79 Å². The second-order valence-corrected chi connectivity index (χ2v) is 4.29. The van der Waals surface area contributed by atoms with E-state index in [1.807, 2.05) is 18.2 Å². The van der Waals surface area contributed by atoms with Crippen LogP contribution in [0.25, 0.3) is 0 Å². The average Bonchev–Trinajstić information content (AvgIpc) is 2.30. The second kappa shape index (κ2) is 6.50. The minimum Gasteiger partial charge on any atom is -0.481 e. The van der Waals surface area contributed by atoms with E-state index in [2.05, 4.69) is 11.0 Å². The van der Waals surface area contributed by atoms with E-state index in [1.54, 1.807) is 0 Å². The fourth-order valence-corrected chi connectivity index (χ4v) is 2.19. The first-order chi connectivity index (χ1) is 7.75. The summed E-state index contributed by atoms with van der Waals surface area (Å²) in [4.78, 5) is 13.0. The van der Waals surface area contributed by atoms with Crippen LogP contribution in [0.3, 0.4) is 0 Å². The van der Waals surface area contributed by atoms with Crippen molar-refractivity contribution in [3.8, 4) is 0 Å². The number of nitrogens with zero attached hydrogens (tertiary/aromatic N) is 1. The van der Waals surface area contributed by atoms with Crippen molar-refractivity contribution in [3.05, 3.63) is 29.8 Å². The molecule has 3 nitrogen and oxygen atoms in total. The number of carbonyl (C=O) groups is 1. The number of aliphatic carboxylic acids is 1. The molecule has 1 saturated heterocycles. The van der Waals surface area contributed by atoms with Gasteiger partial charge in [0.25, 0.3) is 0 Å². The van der Waals surface area contributed by atoms with E-state index in [0.717, 1.165) is 18.7 Å². The van der Waals surface area contributed by atoms with E-state index < -0.39 is 5.97 Å². The molecule has 0 spiro atoms. The molecule has 0 saturated carbocycles. The lowest BCUT2D eigenvalue weighted by Gasteiger charge is -2.29. The Hall–Kier alpha value is -1.22. The van der Waals surface area contributed by atoms with Gasteiger partial charge in [-0.1, -0.05) is 12.1 Å². The molecule has 1 N–H and O–H groups in total. The SMILES string of the molecule is Cl.O=C(O)Cc1cccc(N2CCCCC2)c1. The summed E-state index contributed by atoms with van der Waals surface area (Å²) in [5.41, 5.74) is 2.05. The Balaban J connectivity index is 0.00000144. The topological polar surface area (TPSA) is 40.5 Å². The Morgan fingerprint density at radius 1 is 1.24 bits per heavy atom. The zero-order valence-corrected chi connectivity index (χ0v) is 10.6. The second-order valence-electron chi connectivity index (χ2n) is 4.29. The maximum atomic E-state index is 10.6. The molecule has 0 bridgehead atoms. The van der Waals surface area contributed by atoms with Gasteiger partial charge in [0.1, 0.15) is 0 Å². The molecule has 1 aromatic carbocycles. The number of hydrogen-bond acceptors (Lipinski definition) is 2. The smallest absolute Gasteiger partial charge is 0.307 e. The van der Waals surface area contributed by atoms with Crippen molar-refractivity contribution in [2.24, 2.45) is 0 Å². The number of piperidine rings is 1. The highest BCUT2D eigenvalue weighted by atomic mass is 35.5. The molecule has 1 heterocycles. The lowest BCUT2D eigenvalue weighted by molar-refractivity contribution is -0.136. The molecule has 2 rings (SSSR count). The van der Waals surface area contributed by atoms with E-state index in [-0.39, 0.29) is 18.8 Å². The van der Waals surface area contributed by atoms with Gasteiger partial charge in [0, 0.05) is 18.8 Å².